The van der Waals surface area contributed by atoms with Gasteiger partial charge in [0.15, 0.2) is 10.9 Å². The third-order valence-electron chi connectivity index (χ3n) is 7.71. The molecule has 42 heavy (non-hydrogen) atoms. The van der Waals surface area contributed by atoms with Gasteiger partial charge in [0.05, 0.1) is 43.1 Å². The molecule has 11 nitrogen and oxygen atoms in total. The van der Waals surface area contributed by atoms with E-state index in [2.05, 4.69) is 33.9 Å². The van der Waals surface area contributed by atoms with E-state index in [4.69, 9.17) is 19.5 Å². The molecule has 4 N–H and O–H groups in total. The molecule has 2 aliphatic heterocycles. The number of aliphatic hydroxyl groups is 1. The SMILES string of the molecule is CC1C=Nc2c(N)ncnc2CC1[C@@H]1O[C@H](COP(=O)(NCc2ccccc2)OCCSC(=O)C(C)(C)CO)CC1C. The number of anilines is 1. The molecule has 0 amide bonds. The van der Waals surface area contributed by atoms with E-state index in [1.165, 1.54) is 6.33 Å². The molecule has 0 aliphatic carbocycles. The molecule has 1 saturated heterocycles. The normalized spacial score (nSPS) is 25.5. The van der Waals surface area contributed by atoms with Crippen LogP contribution in [0.25, 0.3) is 0 Å². The standard InChI is InChI=1S/C29H42N5O6PS/c1-19-12-22(40-26(19)23-13-24-25(31-14-20(23)2)27(30)33-18-32-24)16-39-41(37,34-15-21-8-6-5-7-9-21)38-10-11-42-28(36)29(3,4)17-35/h5-9,14,18-20,22-23,26,35H,10-13,15-17H2,1-4H3,(H,34,37)(H2,30,32,33)/t19?,20?,22-,23?,26+,41?/m0/s1. The maximum absolute atomic E-state index is 13.8. The molecule has 0 saturated carbocycles. The van der Waals surface area contributed by atoms with E-state index in [1.54, 1.807) is 13.8 Å². The first kappa shape index (κ1) is 32.7. The number of hydrogen-bond acceptors (Lipinski definition) is 11. The van der Waals surface area contributed by atoms with Crippen molar-refractivity contribution < 1.29 is 28.3 Å². The number of aromatic nitrogens is 2. The van der Waals surface area contributed by atoms with Gasteiger partial charge in [0.2, 0.25) is 0 Å². The first-order chi connectivity index (χ1) is 20.0. The molecule has 230 valence electrons. The summed E-state index contributed by atoms with van der Waals surface area (Å²) in [5.41, 5.74) is 7.55. The van der Waals surface area contributed by atoms with Crippen LogP contribution in [0.1, 0.15) is 45.4 Å². The Morgan fingerprint density at radius 2 is 2.00 bits per heavy atom. The zero-order valence-corrected chi connectivity index (χ0v) is 26.4. The second kappa shape index (κ2) is 14.5. The van der Waals surface area contributed by atoms with Crippen molar-refractivity contribution in [2.24, 2.45) is 28.2 Å². The van der Waals surface area contributed by atoms with Crippen LogP contribution in [0.2, 0.25) is 0 Å². The molecule has 0 radical (unpaired) electrons. The van der Waals surface area contributed by atoms with E-state index in [9.17, 15) is 14.5 Å². The Kier molecular flexibility index (Phi) is 11.3. The lowest BCUT2D eigenvalue weighted by Crippen LogP contribution is -2.33. The summed E-state index contributed by atoms with van der Waals surface area (Å²) in [6, 6.07) is 9.56. The van der Waals surface area contributed by atoms with E-state index in [0.29, 0.717) is 17.9 Å². The molecule has 1 aromatic carbocycles. The number of thioether (sulfide) groups is 1. The highest BCUT2D eigenvalue weighted by atomic mass is 32.2. The van der Waals surface area contributed by atoms with Crippen molar-refractivity contribution in [2.75, 3.05) is 31.3 Å². The summed E-state index contributed by atoms with van der Waals surface area (Å²) in [5, 5.41) is 12.2. The molecule has 4 rings (SSSR count). The molecule has 0 bridgehead atoms. The number of ether oxygens (including phenoxy) is 1. The Hall–Kier alpha value is -2.18. The van der Waals surface area contributed by atoms with Gasteiger partial charge in [-0.2, -0.15) is 0 Å². The van der Waals surface area contributed by atoms with Gasteiger partial charge in [-0.05, 0) is 50.0 Å². The number of carbonyl (C=O) groups excluding carboxylic acids is 1. The predicted octanol–water partition coefficient (Wildman–Crippen LogP) is 4.57. The van der Waals surface area contributed by atoms with Crippen molar-refractivity contribution in [3.63, 3.8) is 0 Å². The molecule has 0 spiro atoms. The summed E-state index contributed by atoms with van der Waals surface area (Å²) in [6.45, 7) is 7.79. The highest BCUT2D eigenvalue weighted by Crippen LogP contribution is 2.46. The van der Waals surface area contributed by atoms with Crippen LogP contribution in [-0.2, 0) is 36.1 Å². The minimum atomic E-state index is -3.74. The lowest BCUT2D eigenvalue weighted by molar-refractivity contribution is -0.119. The summed E-state index contributed by atoms with van der Waals surface area (Å²) in [7, 11) is -3.74. The van der Waals surface area contributed by atoms with Crippen LogP contribution in [0.3, 0.4) is 0 Å². The number of nitrogens with zero attached hydrogens (tertiary/aromatic N) is 3. The van der Waals surface area contributed by atoms with Crippen molar-refractivity contribution in [1.29, 1.82) is 0 Å². The number of rotatable bonds is 13. The number of nitrogen functional groups attached to an aromatic ring is 1. The van der Waals surface area contributed by atoms with Gasteiger partial charge in [-0.25, -0.2) is 19.6 Å². The summed E-state index contributed by atoms with van der Waals surface area (Å²) >= 11 is 1.04. The lowest BCUT2D eigenvalue weighted by atomic mass is 9.81. The topological polar surface area (TPSA) is 158 Å². The van der Waals surface area contributed by atoms with Crippen molar-refractivity contribution in [3.8, 4) is 0 Å². The van der Waals surface area contributed by atoms with Gasteiger partial charge < -0.3 is 15.6 Å². The fourth-order valence-corrected chi connectivity index (χ4v) is 7.34. The monoisotopic (exact) mass is 619 g/mol. The van der Waals surface area contributed by atoms with Crippen LogP contribution in [0, 0.1) is 23.2 Å². The maximum Gasteiger partial charge on any atom is 0.405 e. The largest absolute Gasteiger partial charge is 0.405 e. The average molecular weight is 620 g/mol. The molecular formula is C29H42N5O6PS. The highest BCUT2D eigenvalue weighted by Gasteiger charge is 2.41. The third kappa shape index (κ3) is 8.47. The summed E-state index contributed by atoms with van der Waals surface area (Å²) in [4.78, 5) is 25.4. The number of nitrogens with two attached hydrogens (primary N) is 1. The number of hydrogen-bond donors (Lipinski definition) is 3. The van der Waals surface area contributed by atoms with E-state index >= 15 is 0 Å². The summed E-state index contributed by atoms with van der Waals surface area (Å²) in [5.74, 6) is 1.13. The average Bonchev–Trinajstić information content (AvgIpc) is 3.26. The minimum Gasteiger partial charge on any atom is -0.395 e. The fourth-order valence-electron chi connectivity index (χ4n) is 5.08. The quantitative estimate of drug-likeness (QED) is 0.213. The van der Waals surface area contributed by atoms with Gasteiger partial charge in [-0.1, -0.05) is 55.9 Å². The van der Waals surface area contributed by atoms with Crippen LogP contribution >= 0.6 is 19.5 Å². The van der Waals surface area contributed by atoms with Gasteiger partial charge in [0.25, 0.3) is 0 Å². The molecule has 3 heterocycles. The van der Waals surface area contributed by atoms with Crippen molar-refractivity contribution >= 4 is 42.3 Å². The van der Waals surface area contributed by atoms with Gasteiger partial charge >= 0.3 is 7.75 Å². The molecule has 1 fully saturated rings. The minimum absolute atomic E-state index is 0.0326. The number of aliphatic imine (C=N–C) groups is 1. The highest BCUT2D eigenvalue weighted by molar-refractivity contribution is 8.13. The zero-order valence-electron chi connectivity index (χ0n) is 24.6. The van der Waals surface area contributed by atoms with Crippen LogP contribution in [0.4, 0.5) is 11.5 Å². The molecule has 2 aliphatic rings. The van der Waals surface area contributed by atoms with E-state index in [1.807, 2.05) is 36.5 Å². The number of nitrogens with one attached hydrogen (secondary N) is 1. The van der Waals surface area contributed by atoms with Crippen LogP contribution in [0.15, 0.2) is 41.7 Å². The predicted molar refractivity (Wildman–Crippen MR) is 165 cm³/mol. The third-order valence-corrected chi connectivity index (χ3v) is 10.5. The van der Waals surface area contributed by atoms with Crippen LogP contribution in [-0.4, -0.2) is 64.2 Å². The molecule has 4 unspecified atom stereocenters. The number of fused-ring (bicyclic) bond motifs is 1. The molecule has 6 atom stereocenters. The van der Waals surface area contributed by atoms with Gasteiger partial charge in [0.1, 0.15) is 12.0 Å². The first-order valence-corrected chi connectivity index (χ1v) is 16.8. The van der Waals surface area contributed by atoms with Crippen LogP contribution < -0.4 is 10.8 Å². The second-order valence-electron chi connectivity index (χ2n) is 11.6. The van der Waals surface area contributed by atoms with E-state index in [-0.39, 0.29) is 67.2 Å². The Bertz CT molecular complexity index is 1280. The number of carbonyl (C=O) groups is 1. The fraction of sp³-hybridized carbons (Fsp3) is 0.586. The molecule has 13 heteroatoms. The first-order valence-electron chi connectivity index (χ1n) is 14.3. The van der Waals surface area contributed by atoms with Gasteiger partial charge in [-0.15, -0.1) is 0 Å². The maximum atomic E-state index is 13.8. The van der Waals surface area contributed by atoms with Crippen molar-refractivity contribution in [3.05, 3.63) is 47.9 Å². The Balaban J connectivity index is 1.37. The smallest absolute Gasteiger partial charge is 0.395 e. The molecule has 1 aromatic heterocycles. The lowest BCUT2D eigenvalue weighted by Gasteiger charge is -2.29. The van der Waals surface area contributed by atoms with Crippen molar-refractivity contribution in [2.45, 2.75) is 59.3 Å². The Morgan fingerprint density at radius 3 is 2.74 bits per heavy atom. The number of benzene rings is 1. The summed E-state index contributed by atoms with van der Waals surface area (Å²) < 4.78 is 32.0. The van der Waals surface area contributed by atoms with Crippen molar-refractivity contribution in [1.82, 2.24) is 15.1 Å². The zero-order chi connectivity index (χ0) is 30.3. The molecule has 2 aromatic rings. The summed E-state index contributed by atoms with van der Waals surface area (Å²) in [6.07, 6.45) is 4.42. The second-order valence-corrected chi connectivity index (χ2v) is 14.5. The van der Waals surface area contributed by atoms with Gasteiger partial charge in [-0.3, -0.25) is 18.8 Å². The van der Waals surface area contributed by atoms with Gasteiger partial charge in [0, 0.05) is 18.5 Å². The number of aliphatic hydroxyl groups excluding tert-OH is 1. The van der Waals surface area contributed by atoms with E-state index < -0.39 is 13.2 Å². The van der Waals surface area contributed by atoms with E-state index in [0.717, 1.165) is 29.4 Å². The molecular weight excluding hydrogens is 577 g/mol. The Morgan fingerprint density at radius 1 is 1.24 bits per heavy atom. The Labute approximate surface area is 252 Å². The van der Waals surface area contributed by atoms with Crippen LogP contribution in [0.5, 0.6) is 0 Å².